The van der Waals surface area contributed by atoms with E-state index < -0.39 is 0 Å². The number of aromatic nitrogens is 2. The van der Waals surface area contributed by atoms with E-state index in [1.54, 1.807) is 13.2 Å². The van der Waals surface area contributed by atoms with Gasteiger partial charge in [0.1, 0.15) is 12.3 Å². The lowest BCUT2D eigenvalue weighted by atomic mass is 10.1. The van der Waals surface area contributed by atoms with Gasteiger partial charge in [-0.05, 0) is 32.0 Å². The van der Waals surface area contributed by atoms with Crippen molar-refractivity contribution < 1.29 is 9.53 Å². The second-order valence-electron chi connectivity index (χ2n) is 5.14. The van der Waals surface area contributed by atoms with Crippen LogP contribution in [0.3, 0.4) is 0 Å². The summed E-state index contributed by atoms with van der Waals surface area (Å²) in [4.78, 5) is 23.7. The number of para-hydroxylation sites is 1. The Morgan fingerprint density at radius 3 is 2.68 bits per heavy atom. The topological polar surface area (TPSA) is 73.2 Å². The molecule has 0 unspecified atom stereocenters. The number of hydrogen-bond donors (Lipinski definition) is 1. The number of carbonyl (C=O) groups is 1. The van der Waals surface area contributed by atoms with Gasteiger partial charge in [-0.15, -0.1) is 0 Å². The normalized spacial score (nSPS) is 10.5. The lowest BCUT2D eigenvalue weighted by Gasteiger charge is -2.11. The lowest BCUT2D eigenvalue weighted by molar-refractivity contribution is -0.122. The van der Waals surface area contributed by atoms with Crippen molar-refractivity contribution in [2.24, 2.45) is 0 Å². The summed E-state index contributed by atoms with van der Waals surface area (Å²) in [5.74, 6) is 0.411. The van der Waals surface area contributed by atoms with Crippen molar-refractivity contribution in [3.8, 4) is 17.0 Å². The Hall–Kier alpha value is -2.63. The molecule has 0 saturated carbocycles. The molecule has 0 fully saturated rings. The van der Waals surface area contributed by atoms with E-state index in [0.29, 0.717) is 11.4 Å². The van der Waals surface area contributed by atoms with Gasteiger partial charge < -0.3 is 10.1 Å². The lowest BCUT2D eigenvalue weighted by Crippen LogP contribution is -2.36. The van der Waals surface area contributed by atoms with E-state index in [4.69, 9.17) is 4.74 Å². The van der Waals surface area contributed by atoms with Gasteiger partial charge in [-0.1, -0.05) is 12.1 Å². The largest absolute Gasteiger partial charge is 0.496 e. The van der Waals surface area contributed by atoms with Crippen LogP contribution in [0.2, 0.25) is 0 Å². The number of hydrogen-bond acceptors (Lipinski definition) is 4. The Balaban J connectivity index is 2.34. The van der Waals surface area contributed by atoms with Crippen molar-refractivity contribution in [1.29, 1.82) is 0 Å². The van der Waals surface area contributed by atoms with Gasteiger partial charge in [0.15, 0.2) is 0 Å². The highest BCUT2D eigenvalue weighted by Gasteiger charge is 2.11. The fourth-order valence-corrected chi connectivity index (χ4v) is 2.07. The minimum Gasteiger partial charge on any atom is -0.496 e. The van der Waals surface area contributed by atoms with Crippen LogP contribution in [0, 0.1) is 0 Å². The van der Waals surface area contributed by atoms with Crippen LogP contribution in [0.25, 0.3) is 11.3 Å². The van der Waals surface area contributed by atoms with Crippen LogP contribution < -0.4 is 15.6 Å². The SMILES string of the molecule is COc1ccccc1-c1ccc(=O)n(CC(=O)NC(C)C)n1. The van der Waals surface area contributed by atoms with Gasteiger partial charge in [-0.3, -0.25) is 9.59 Å². The van der Waals surface area contributed by atoms with Crippen LogP contribution >= 0.6 is 0 Å². The first-order chi connectivity index (χ1) is 10.5. The van der Waals surface area contributed by atoms with E-state index in [9.17, 15) is 9.59 Å². The fourth-order valence-electron chi connectivity index (χ4n) is 2.07. The monoisotopic (exact) mass is 301 g/mol. The van der Waals surface area contributed by atoms with Crippen molar-refractivity contribution in [3.63, 3.8) is 0 Å². The zero-order valence-corrected chi connectivity index (χ0v) is 12.9. The molecule has 6 heteroatoms. The maximum absolute atomic E-state index is 11.9. The van der Waals surface area contributed by atoms with Crippen molar-refractivity contribution in [1.82, 2.24) is 15.1 Å². The molecule has 22 heavy (non-hydrogen) atoms. The molecule has 116 valence electrons. The minimum absolute atomic E-state index is 0.0144. The highest BCUT2D eigenvalue weighted by molar-refractivity contribution is 5.76. The number of benzene rings is 1. The summed E-state index contributed by atoms with van der Waals surface area (Å²) in [6.45, 7) is 3.61. The number of nitrogens with zero attached hydrogens (tertiary/aromatic N) is 2. The number of nitrogens with one attached hydrogen (secondary N) is 1. The van der Waals surface area contributed by atoms with Crippen LogP contribution in [0.15, 0.2) is 41.2 Å². The van der Waals surface area contributed by atoms with Crippen LogP contribution in [0.5, 0.6) is 5.75 Å². The summed E-state index contributed by atoms with van der Waals surface area (Å²) in [6, 6.07) is 10.4. The molecule has 1 aromatic heterocycles. The third kappa shape index (κ3) is 3.72. The van der Waals surface area contributed by atoms with Crippen molar-refractivity contribution >= 4 is 5.91 Å². The van der Waals surface area contributed by atoms with Crippen molar-refractivity contribution in [2.45, 2.75) is 26.4 Å². The van der Waals surface area contributed by atoms with Gasteiger partial charge in [0.05, 0.1) is 12.8 Å². The van der Waals surface area contributed by atoms with E-state index in [2.05, 4.69) is 10.4 Å². The first kappa shape index (κ1) is 15.8. The van der Waals surface area contributed by atoms with Crippen LogP contribution in [0.4, 0.5) is 0 Å². The van der Waals surface area contributed by atoms with Crippen molar-refractivity contribution in [2.75, 3.05) is 7.11 Å². The summed E-state index contributed by atoms with van der Waals surface area (Å²) < 4.78 is 6.45. The summed E-state index contributed by atoms with van der Waals surface area (Å²) in [7, 11) is 1.57. The van der Waals surface area contributed by atoms with Crippen LogP contribution in [-0.2, 0) is 11.3 Å². The molecule has 6 nitrogen and oxygen atoms in total. The predicted molar refractivity (Wildman–Crippen MR) is 83.8 cm³/mol. The molecule has 1 aromatic carbocycles. The van der Waals surface area contributed by atoms with E-state index in [0.717, 1.165) is 10.2 Å². The first-order valence-corrected chi connectivity index (χ1v) is 7.02. The molecule has 1 N–H and O–H groups in total. The fraction of sp³-hybridized carbons (Fsp3) is 0.312. The second-order valence-corrected chi connectivity index (χ2v) is 5.14. The Morgan fingerprint density at radius 2 is 2.00 bits per heavy atom. The van der Waals surface area contributed by atoms with Gasteiger partial charge in [0.25, 0.3) is 5.56 Å². The molecular weight excluding hydrogens is 282 g/mol. The summed E-state index contributed by atoms with van der Waals surface area (Å²) in [5, 5.41) is 7.00. The first-order valence-electron chi connectivity index (χ1n) is 7.02. The molecule has 0 spiro atoms. The van der Waals surface area contributed by atoms with E-state index in [1.165, 1.54) is 6.07 Å². The average molecular weight is 301 g/mol. The Morgan fingerprint density at radius 1 is 1.27 bits per heavy atom. The standard InChI is InChI=1S/C16H19N3O3/c1-11(2)17-15(20)10-19-16(21)9-8-13(18-19)12-6-4-5-7-14(12)22-3/h4-9,11H,10H2,1-3H3,(H,17,20). The maximum atomic E-state index is 11.9. The number of amides is 1. The highest BCUT2D eigenvalue weighted by atomic mass is 16.5. The molecule has 0 aliphatic heterocycles. The minimum atomic E-state index is -0.322. The van der Waals surface area contributed by atoms with Gasteiger partial charge in [-0.25, -0.2) is 4.68 Å². The third-order valence-electron chi connectivity index (χ3n) is 2.99. The average Bonchev–Trinajstić information content (AvgIpc) is 2.48. The van der Waals surface area contributed by atoms with E-state index >= 15 is 0 Å². The number of carbonyl (C=O) groups excluding carboxylic acids is 1. The quantitative estimate of drug-likeness (QED) is 0.907. The van der Waals surface area contributed by atoms with E-state index in [-0.39, 0.29) is 24.1 Å². The Bertz CT molecular complexity index is 723. The summed E-state index contributed by atoms with van der Waals surface area (Å²) in [5.41, 5.74) is 1.02. The highest BCUT2D eigenvalue weighted by Crippen LogP contribution is 2.26. The van der Waals surface area contributed by atoms with Crippen molar-refractivity contribution in [3.05, 3.63) is 46.8 Å². The number of methoxy groups -OCH3 is 1. The molecule has 0 aliphatic carbocycles. The molecule has 1 heterocycles. The summed E-state index contributed by atoms with van der Waals surface area (Å²) >= 11 is 0. The maximum Gasteiger partial charge on any atom is 0.267 e. The van der Waals surface area contributed by atoms with Crippen LogP contribution in [0.1, 0.15) is 13.8 Å². The zero-order chi connectivity index (χ0) is 16.1. The van der Waals surface area contributed by atoms with Crippen LogP contribution in [-0.4, -0.2) is 28.8 Å². The number of rotatable bonds is 5. The third-order valence-corrected chi connectivity index (χ3v) is 2.99. The Kier molecular flexibility index (Phi) is 4.93. The van der Waals surface area contributed by atoms with Gasteiger partial charge in [-0.2, -0.15) is 5.10 Å². The summed E-state index contributed by atoms with van der Waals surface area (Å²) in [6.07, 6.45) is 0. The molecule has 0 saturated heterocycles. The second kappa shape index (κ2) is 6.89. The molecule has 2 rings (SSSR count). The molecule has 0 aliphatic rings. The predicted octanol–water partition coefficient (Wildman–Crippen LogP) is 1.44. The molecule has 1 amide bonds. The Labute approximate surface area is 128 Å². The van der Waals surface area contributed by atoms with Gasteiger partial charge in [0, 0.05) is 17.7 Å². The van der Waals surface area contributed by atoms with Gasteiger partial charge >= 0.3 is 0 Å². The molecule has 0 bridgehead atoms. The van der Waals surface area contributed by atoms with Gasteiger partial charge in [0.2, 0.25) is 5.91 Å². The molecule has 0 atom stereocenters. The molecular formula is C16H19N3O3. The van der Waals surface area contributed by atoms with E-state index in [1.807, 2.05) is 38.1 Å². The molecule has 2 aromatic rings. The molecule has 0 radical (unpaired) electrons. The smallest absolute Gasteiger partial charge is 0.267 e. The number of ether oxygens (including phenoxy) is 1. The zero-order valence-electron chi connectivity index (χ0n) is 12.9.